The number of benzene rings is 1. The number of nitrogen functional groups attached to an aromatic ring is 1. The van der Waals surface area contributed by atoms with Crippen LogP contribution < -0.4 is 10.6 Å². The van der Waals surface area contributed by atoms with Crippen LogP contribution in [0, 0.1) is 11.2 Å². The van der Waals surface area contributed by atoms with E-state index in [-0.39, 0.29) is 16.1 Å². The van der Waals surface area contributed by atoms with Gasteiger partial charge in [0.15, 0.2) is 5.82 Å². The third-order valence-electron chi connectivity index (χ3n) is 4.03. The van der Waals surface area contributed by atoms with Crippen LogP contribution in [-0.4, -0.2) is 43.5 Å². The van der Waals surface area contributed by atoms with E-state index in [9.17, 15) is 4.39 Å². The molecule has 6 heteroatoms. The number of likely N-dealkylation sites (N-methyl/N-ethyl adjacent to an activating group) is 1. The molecule has 1 saturated heterocycles. The van der Waals surface area contributed by atoms with Crippen molar-refractivity contribution in [3.05, 3.63) is 28.0 Å². The zero-order valence-electron chi connectivity index (χ0n) is 12.5. The maximum atomic E-state index is 14.7. The van der Waals surface area contributed by atoms with Crippen molar-refractivity contribution in [1.29, 1.82) is 5.41 Å². The molecule has 2 rings (SSSR count). The van der Waals surface area contributed by atoms with Gasteiger partial charge in [-0.25, -0.2) is 4.39 Å². The van der Waals surface area contributed by atoms with Gasteiger partial charge in [0.1, 0.15) is 5.84 Å². The lowest BCUT2D eigenvalue weighted by Gasteiger charge is -2.33. The summed E-state index contributed by atoms with van der Waals surface area (Å²) in [5.41, 5.74) is 6.47. The van der Waals surface area contributed by atoms with Gasteiger partial charge in [-0.1, -0.05) is 6.92 Å². The summed E-state index contributed by atoms with van der Waals surface area (Å²) in [4.78, 5) is 4.44. The number of rotatable bonds is 3. The third kappa shape index (κ3) is 3.37. The summed E-state index contributed by atoms with van der Waals surface area (Å²) in [5, 5.41) is 7.49. The number of nitrogens with two attached hydrogens (primary N) is 1. The fourth-order valence-corrected chi connectivity index (χ4v) is 3.43. The smallest absolute Gasteiger partial charge is 0.161 e. The van der Waals surface area contributed by atoms with Gasteiger partial charge in [0.2, 0.25) is 0 Å². The van der Waals surface area contributed by atoms with Crippen LogP contribution in [0.25, 0.3) is 0 Å². The molecule has 21 heavy (non-hydrogen) atoms. The van der Waals surface area contributed by atoms with E-state index >= 15 is 0 Å². The molecule has 1 fully saturated rings. The zero-order valence-corrected chi connectivity index (χ0v) is 14.1. The van der Waals surface area contributed by atoms with E-state index in [1.165, 1.54) is 0 Å². The second-order valence-electron chi connectivity index (χ2n) is 5.55. The molecule has 1 heterocycles. The van der Waals surface area contributed by atoms with Crippen molar-refractivity contribution in [3.63, 3.8) is 0 Å². The van der Waals surface area contributed by atoms with Crippen molar-refractivity contribution in [2.75, 3.05) is 31.6 Å². The highest BCUT2D eigenvalue weighted by molar-refractivity contribution is 9.10. The van der Waals surface area contributed by atoms with Crippen LogP contribution in [0.1, 0.15) is 25.3 Å². The average molecular weight is 357 g/mol. The average Bonchev–Trinajstić information content (AvgIpc) is 2.62. The second kappa shape index (κ2) is 6.75. The van der Waals surface area contributed by atoms with Crippen LogP contribution in [0.2, 0.25) is 0 Å². The summed E-state index contributed by atoms with van der Waals surface area (Å²) in [6, 6.07) is 3.75. The molecule has 1 atom stereocenters. The Balaban J connectivity index is 2.40. The SMILES string of the molecule is CCC1CN(C)CCCN1c1ccc(C(=N)N)c(Br)c1F. The largest absolute Gasteiger partial charge is 0.384 e. The molecule has 0 aliphatic carbocycles. The molecular weight excluding hydrogens is 335 g/mol. The monoisotopic (exact) mass is 356 g/mol. The van der Waals surface area contributed by atoms with Crippen molar-refractivity contribution in [2.24, 2.45) is 5.73 Å². The number of anilines is 1. The molecule has 3 N–H and O–H groups in total. The van der Waals surface area contributed by atoms with Gasteiger partial charge in [0, 0.05) is 24.7 Å². The normalized spacial score (nSPS) is 20.4. The summed E-state index contributed by atoms with van der Waals surface area (Å²) in [5.74, 6) is -0.458. The Morgan fingerprint density at radius 1 is 1.48 bits per heavy atom. The first-order valence-electron chi connectivity index (χ1n) is 7.23. The van der Waals surface area contributed by atoms with Crippen molar-refractivity contribution >= 4 is 27.5 Å². The number of halogens is 2. The first kappa shape index (κ1) is 16.2. The second-order valence-corrected chi connectivity index (χ2v) is 6.34. The summed E-state index contributed by atoms with van der Waals surface area (Å²) in [6.07, 6.45) is 1.98. The highest BCUT2D eigenvalue weighted by atomic mass is 79.9. The lowest BCUT2D eigenvalue weighted by Crippen LogP contribution is -2.40. The van der Waals surface area contributed by atoms with Gasteiger partial charge in [0.05, 0.1) is 10.2 Å². The van der Waals surface area contributed by atoms with Crippen molar-refractivity contribution in [2.45, 2.75) is 25.8 Å². The first-order chi connectivity index (χ1) is 9.95. The summed E-state index contributed by atoms with van der Waals surface area (Å²) < 4.78 is 15.0. The van der Waals surface area contributed by atoms with Crippen molar-refractivity contribution in [3.8, 4) is 0 Å². The first-order valence-corrected chi connectivity index (χ1v) is 8.02. The fourth-order valence-electron chi connectivity index (χ4n) is 2.88. The predicted molar refractivity (Wildman–Crippen MR) is 88.7 cm³/mol. The molecule has 1 aromatic carbocycles. The Morgan fingerprint density at radius 2 is 2.19 bits per heavy atom. The van der Waals surface area contributed by atoms with Gasteiger partial charge in [0.25, 0.3) is 0 Å². The molecule has 1 aromatic rings. The van der Waals surface area contributed by atoms with Crippen LogP contribution in [-0.2, 0) is 0 Å². The lowest BCUT2D eigenvalue weighted by molar-refractivity contribution is 0.327. The summed E-state index contributed by atoms with van der Waals surface area (Å²) in [6.45, 7) is 4.93. The molecule has 0 bridgehead atoms. The molecule has 0 radical (unpaired) electrons. The third-order valence-corrected chi connectivity index (χ3v) is 4.81. The number of amidine groups is 1. The van der Waals surface area contributed by atoms with Crippen LogP contribution in [0.4, 0.5) is 10.1 Å². The van der Waals surface area contributed by atoms with Crippen LogP contribution in [0.3, 0.4) is 0 Å². The minimum atomic E-state index is -0.328. The minimum absolute atomic E-state index is 0.130. The lowest BCUT2D eigenvalue weighted by atomic mass is 10.1. The highest BCUT2D eigenvalue weighted by Crippen LogP contribution is 2.31. The van der Waals surface area contributed by atoms with Crippen LogP contribution >= 0.6 is 15.9 Å². The number of nitrogens with one attached hydrogen (secondary N) is 1. The maximum Gasteiger partial charge on any atom is 0.161 e. The van der Waals surface area contributed by atoms with E-state index in [4.69, 9.17) is 11.1 Å². The van der Waals surface area contributed by atoms with Crippen LogP contribution in [0.5, 0.6) is 0 Å². The minimum Gasteiger partial charge on any atom is -0.384 e. The zero-order chi connectivity index (χ0) is 15.6. The summed E-state index contributed by atoms with van der Waals surface area (Å²) in [7, 11) is 2.11. The van der Waals surface area contributed by atoms with Crippen LogP contribution in [0.15, 0.2) is 16.6 Å². The van der Waals surface area contributed by atoms with E-state index in [0.29, 0.717) is 17.3 Å². The van der Waals surface area contributed by atoms with E-state index in [2.05, 4.69) is 39.7 Å². The van der Waals surface area contributed by atoms with E-state index in [1.807, 2.05) is 0 Å². The molecule has 0 amide bonds. The quantitative estimate of drug-likeness (QED) is 0.646. The van der Waals surface area contributed by atoms with Gasteiger partial charge >= 0.3 is 0 Å². The molecule has 1 aliphatic rings. The predicted octanol–water partition coefficient (Wildman–Crippen LogP) is 2.79. The Morgan fingerprint density at radius 3 is 2.81 bits per heavy atom. The number of hydrogen-bond acceptors (Lipinski definition) is 3. The fraction of sp³-hybridized carbons (Fsp3) is 0.533. The van der Waals surface area contributed by atoms with Gasteiger partial charge < -0.3 is 15.5 Å². The van der Waals surface area contributed by atoms with E-state index in [1.54, 1.807) is 12.1 Å². The number of nitrogens with zero attached hydrogens (tertiary/aromatic N) is 2. The highest BCUT2D eigenvalue weighted by Gasteiger charge is 2.26. The Kier molecular flexibility index (Phi) is 5.22. The maximum absolute atomic E-state index is 14.7. The standard InChI is InChI=1S/C15H22BrFN4/c1-3-10-9-20(2)7-4-8-21(10)12-6-5-11(15(18)19)13(16)14(12)17/h5-6,10H,3-4,7-9H2,1-2H3,(H3,18,19). The van der Waals surface area contributed by atoms with Crippen molar-refractivity contribution < 1.29 is 4.39 Å². The van der Waals surface area contributed by atoms with E-state index < -0.39 is 0 Å². The Labute approximate surface area is 133 Å². The summed E-state index contributed by atoms with van der Waals surface area (Å²) >= 11 is 3.24. The molecule has 0 spiro atoms. The van der Waals surface area contributed by atoms with Gasteiger partial charge in [-0.2, -0.15) is 0 Å². The van der Waals surface area contributed by atoms with Gasteiger partial charge in [-0.05, 0) is 54.5 Å². The Bertz CT molecular complexity index is 535. The molecule has 1 aliphatic heterocycles. The molecule has 0 saturated carbocycles. The Hall–Kier alpha value is -1.14. The molecule has 4 nitrogen and oxygen atoms in total. The molecule has 116 valence electrons. The van der Waals surface area contributed by atoms with Gasteiger partial charge in [-0.15, -0.1) is 0 Å². The number of hydrogen-bond donors (Lipinski definition) is 2. The molecule has 1 unspecified atom stereocenters. The van der Waals surface area contributed by atoms with E-state index in [0.717, 1.165) is 32.5 Å². The topological polar surface area (TPSA) is 56.4 Å². The van der Waals surface area contributed by atoms with Crippen molar-refractivity contribution in [1.82, 2.24) is 4.90 Å². The molecule has 0 aromatic heterocycles. The van der Waals surface area contributed by atoms with Gasteiger partial charge in [-0.3, -0.25) is 5.41 Å². The molecular formula is C15H22BrFN4.